The zero-order valence-corrected chi connectivity index (χ0v) is 13.6. The number of rotatable bonds is 4. The van der Waals surface area contributed by atoms with Crippen LogP contribution in [0, 0.1) is 6.92 Å². The van der Waals surface area contributed by atoms with E-state index in [9.17, 15) is 4.79 Å². The van der Waals surface area contributed by atoms with Crippen LogP contribution in [0.15, 0.2) is 60.7 Å². The minimum Gasteiger partial charge on any atom is -0.325 e. The van der Waals surface area contributed by atoms with Gasteiger partial charge in [-0.25, -0.2) is 0 Å². The Morgan fingerprint density at radius 1 is 0.957 bits per heavy atom. The molecule has 3 rings (SSSR count). The Morgan fingerprint density at radius 3 is 2.52 bits per heavy atom. The van der Waals surface area contributed by atoms with Crippen molar-refractivity contribution >= 4 is 22.4 Å². The lowest BCUT2D eigenvalue weighted by Gasteiger charge is -2.13. The first-order valence-electron chi connectivity index (χ1n) is 8.03. The predicted octanol–water partition coefficient (Wildman–Crippen LogP) is 4.89. The van der Waals surface area contributed by atoms with E-state index >= 15 is 0 Å². The Hall–Kier alpha value is -2.61. The summed E-state index contributed by atoms with van der Waals surface area (Å²) in [5.74, 6) is 0.0317. The van der Waals surface area contributed by atoms with E-state index in [0.29, 0.717) is 6.42 Å². The summed E-state index contributed by atoms with van der Waals surface area (Å²) in [5.41, 5.74) is 4.28. The second kappa shape index (κ2) is 6.66. The van der Waals surface area contributed by atoms with Gasteiger partial charge in [-0.3, -0.25) is 4.79 Å². The van der Waals surface area contributed by atoms with Crippen molar-refractivity contribution < 1.29 is 4.79 Å². The molecule has 0 unspecified atom stereocenters. The van der Waals surface area contributed by atoms with Crippen molar-refractivity contribution in [2.45, 2.75) is 26.7 Å². The average molecular weight is 303 g/mol. The molecule has 116 valence electrons. The largest absolute Gasteiger partial charge is 0.325 e. The van der Waals surface area contributed by atoms with E-state index < -0.39 is 0 Å². The fourth-order valence-electron chi connectivity index (χ4n) is 2.92. The maximum absolute atomic E-state index is 12.4. The first-order chi connectivity index (χ1) is 11.2. The van der Waals surface area contributed by atoms with Crippen molar-refractivity contribution in [3.8, 4) is 0 Å². The predicted molar refractivity (Wildman–Crippen MR) is 96.8 cm³/mol. The van der Waals surface area contributed by atoms with Crippen LogP contribution in [-0.4, -0.2) is 5.91 Å². The molecule has 0 aromatic heterocycles. The highest BCUT2D eigenvalue weighted by atomic mass is 16.1. The molecule has 0 aliphatic heterocycles. The number of nitrogens with one attached hydrogen (secondary N) is 1. The zero-order valence-electron chi connectivity index (χ0n) is 13.6. The van der Waals surface area contributed by atoms with E-state index in [1.54, 1.807) is 0 Å². The minimum absolute atomic E-state index is 0.0317. The molecule has 0 heterocycles. The van der Waals surface area contributed by atoms with Gasteiger partial charge in [0.05, 0.1) is 6.42 Å². The van der Waals surface area contributed by atoms with Crippen LogP contribution in [0.5, 0.6) is 0 Å². The number of benzene rings is 3. The van der Waals surface area contributed by atoms with Crippen LogP contribution in [0.4, 0.5) is 5.69 Å². The van der Waals surface area contributed by atoms with E-state index in [1.165, 1.54) is 16.3 Å². The first-order valence-corrected chi connectivity index (χ1v) is 8.03. The number of hydrogen-bond donors (Lipinski definition) is 1. The highest BCUT2D eigenvalue weighted by Crippen LogP contribution is 2.22. The molecule has 1 amide bonds. The van der Waals surface area contributed by atoms with E-state index in [-0.39, 0.29) is 5.91 Å². The molecule has 3 aromatic carbocycles. The van der Waals surface area contributed by atoms with Crippen LogP contribution in [0.1, 0.15) is 23.6 Å². The molecule has 23 heavy (non-hydrogen) atoms. The molecule has 3 aromatic rings. The van der Waals surface area contributed by atoms with Crippen LogP contribution in [0.3, 0.4) is 0 Å². The van der Waals surface area contributed by atoms with E-state index in [0.717, 1.165) is 23.2 Å². The number of para-hydroxylation sites is 1. The molecule has 2 heteroatoms. The van der Waals surface area contributed by atoms with E-state index in [2.05, 4.69) is 42.6 Å². The number of anilines is 1. The van der Waals surface area contributed by atoms with Gasteiger partial charge in [-0.15, -0.1) is 0 Å². The van der Waals surface area contributed by atoms with Crippen molar-refractivity contribution in [1.29, 1.82) is 0 Å². The molecule has 0 aliphatic carbocycles. The summed E-state index contributed by atoms with van der Waals surface area (Å²) in [6.45, 7) is 4.14. The van der Waals surface area contributed by atoms with Crippen LogP contribution >= 0.6 is 0 Å². The summed E-state index contributed by atoms with van der Waals surface area (Å²) >= 11 is 0. The first kappa shape index (κ1) is 15.3. The van der Waals surface area contributed by atoms with Gasteiger partial charge in [-0.1, -0.05) is 67.6 Å². The van der Waals surface area contributed by atoms with Crippen molar-refractivity contribution in [2.75, 3.05) is 5.32 Å². The molecule has 1 N–H and O–H groups in total. The lowest BCUT2D eigenvalue weighted by molar-refractivity contribution is -0.115. The van der Waals surface area contributed by atoms with Gasteiger partial charge >= 0.3 is 0 Å². The van der Waals surface area contributed by atoms with Crippen LogP contribution in [0.25, 0.3) is 10.8 Å². The van der Waals surface area contributed by atoms with Crippen LogP contribution in [0.2, 0.25) is 0 Å². The van der Waals surface area contributed by atoms with Crippen molar-refractivity contribution in [1.82, 2.24) is 0 Å². The average Bonchev–Trinajstić information content (AvgIpc) is 2.56. The second-order valence-corrected chi connectivity index (χ2v) is 5.87. The van der Waals surface area contributed by atoms with Gasteiger partial charge in [0.2, 0.25) is 5.91 Å². The number of aryl methyl sites for hydroxylation is 2. The monoisotopic (exact) mass is 303 g/mol. The topological polar surface area (TPSA) is 29.1 Å². The molecule has 0 radical (unpaired) electrons. The molecule has 0 fully saturated rings. The summed E-state index contributed by atoms with van der Waals surface area (Å²) in [4.78, 5) is 12.4. The summed E-state index contributed by atoms with van der Waals surface area (Å²) in [5, 5.41) is 5.45. The lowest BCUT2D eigenvalue weighted by atomic mass is 10.0. The summed E-state index contributed by atoms with van der Waals surface area (Å²) < 4.78 is 0. The quantitative estimate of drug-likeness (QED) is 0.730. The van der Waals surface area contributed by atoms with Crippen LogP contribution in [-0.2, 0) is 17.6 Å². The highest BCUT2D eigenvalue weighted by molar-refractivity contribution is 5.94. The third-order valence-electron chi connectivity index (χ3n) is 4.18. The van der Waals surface area contributed by atoms with Crippen molar-refractivity contribution in [3.63, 3.8) is 0 Å². The Labute approximate surface area is 137 Å². The minimum atomic E-state index is 0.0317. The number of fused-ring (bicyclic) bond motifs is 1. The van der Waals surface area contributed by atoms with Gasteiger partial charge in [-0.2, -0.15) is 0 Å². The number of carbonyl (C=O) groups is 1. The molecule has 0 saturated heterocycles. The Balaban J connectivity index is 1.79. The molecule has 0 saturated carbocycles. The van der Waals surface area contributed by atoms with Crippen LogP contribution < -0.4 is 5.32 Å². The fourth-order valence-corrected chi connectivity index (χ4v) is 2.92. The zero-order chi connectivity index (χ0) is 16.2. The molecular weight excluding hydrogens is 282 g/mol. The second-order valence-electron chi connectivity index (χ2n) is 5.87. The lowest BCUT2D eigenvalue weighted by Crippen LogP contribution is -2.16. The van der Waals surface area contributed by atoms with E-state index in [4.69, 9.17) is 0 Å². The third kappa shape index (κ3) is 3.42. The standard InChI is InChI=1S/C21H21NO/c1-3-17-10-6-7-15(2)21(17)22-20(23)14-16-11-12-18-8-4-5-9-19(18)13-16/h4-13H,3,14H2,1-2H3,(H,22,23). The van der Waals surface area contributed by atoms with Gasteiger partial charge in [0.25, 0.3) is 0 Å². The summed E-state index contributed by atoms with van der Waals surface area (Å²) in [6, 6.07) is 20.5. The third-order valence-corrected chi connectivity index (χ3v) is 4.18. The van der Waals surface area contributed by atoms with Gasteiger partial charge in [0.15, 0.2) is 0 Å². The van der Waals surface area contributed by atoms with Gasteiger partial charge < -0.3 is 5.32 Å². The summed E-state index contributed by atoms with van der Waals surface area (Å²) in [6.07, 6.45) is 1.30. The number of carbonyl (C=O) groups excluding carboxylic acids is 1. The molecule has 0 atom stereocenters. The maximum Gasteiger partial charge on any atom is 0.228 e. The normalized spacial score (nSPS) is 10.7. The molecular formula is C21H21NO. The smallest absolute Gasteiger partial charge is 0.228 e. The Kier molecular flexibility index (Phi) is 4.42. The molecule has 0 bridgehead atoms. The Bertz CT molecular complexity index is 851. The van der Waals surface area contributed by atoms with Gasteiger partial charge in [-0.05, 0) is 40.8 Å². The highest BCUT2D eigenvalue weighted by Gasteiger charge is 2.09. The number of amides is 1. The van der Waals surface area contributed by atoms with E-state index in [1.807, 2.05) is 37.3 Å². The summed E-state index contributed by atoms with van der Waals surface area (Å²) in [7, 11) is 0. The number of hydrogen-bond acceptors (Lipinski definition) is 1. The van der Waals surface area contributed by atoms with Gasteiger partial charge in [0.1, 0.15) is 0 Å². The molecule has 2 nitrogen and oxygen atoms in total. The Morgan fingerprint density at radius 2 is 1.74 bits per heavy atom. The van der Waals surface area contributed by atoms with Crippen molar-refractivity contribution in [3.05, 3.63) is 77.4 Å². The SMILES string of the molecule is CCc1cccc(C)c1NC(=O)Cc1ccc2ccccc2c1. The molecule has 0 aliphatic rings. The maximum atomic E-state index is 12.4. The van der Waals surface area contributed by atoms with Crippen molar-refractivity contribution in [2.24, 2.45) is 0 Å². The fraction of sp³-hybridized carbons (Fsp3) is 0.190. The molecule has 0 spiro atoms. The van der Waals surface area contributed by atoms with Gasteiger partial charge in [0, 0.05) is 5.69 Å².